The van der Waals surface area contributed by atoms with E-state index in [0.29, 0.717) is 54.6 Å². The van der Waals surface area contributed by atoms with E-state index in [2.05, 4.69) is 305 Å². The third-order valence-electron chi connectivity index (χ3n) is 23.0. The van der Waals surface area contributed by atoms with E-state index in [0.717, 1.165) is 128 Å². The highest BCUT2D eigenvalue weighted by molar-refractivity contribution is 7.18. The first kappa shape index (κ1) is 92.9. The van der Waals surface area contributed by atoms with Gasteiger partial charge in [0.15, 0.2) is 11.4 Å². The van der Waals surface area contributed by atoms with Crippen LogP contribution < -0.4 is 14.2 Å². The second-order valence-electron chi connectivity index (χ2n) is 34.8. The van der Waals surface area contributed by atoms with E-state index in [1.165, 1.54) is 89.9 Å². The summed E-state index contributed by atoms with van der Waals surface area (Å²) in [5.74, 6) is 7.50. The molecule has 20 nitrogen and oxygen atoms in total. The van der Waals surface area contributed by atoms with Crippen LogP contribution in [0.2, 0.25) is 0 Å². The van der Waals surface area contributed by atoms with Crippen molar-refractivity contribution in [1.29, 1.82) is 0 Å². The van der Waals surface area contributed by atoms with Gasteiger partial charge < -0.3 is 46.1 Å². The number of benzene rings is 7. The van der Waals surface area contributed by atoms with Crippen molar-refractivity contribution in [1.82, 2.24) is 77.2 Å². The van der Waals surface area contributed by atoms with Crippen molar-refractivity contribution in [3.63, 3.8) is 0 Å². The smallest absolute Gasteiger partial charge is 0.191 e. The lowest BCUT2D eigenvalue weighted by Crippen LogP contribution is -2.16. The first-order valence-corrected chi connectivity index (χ1v) is 45.8. The molecule has 0 saturated heterocycles. The van der Waals surface area contributed by atoms with Crippen LogP contribution >= 0.6 is 11.3 Å². The van der Waals surface area contributed by atoms with Crippen molar-refractivity contribution in [3.8, 4) is 57.1 Å². The minimum absolute atomic E-state index is 0.444. The maximum atomic E-state index is 5.84. The highest BCUT2D eigenvalue weighted by Crippen LogP contribution is 2.41. The standard InChI is InChI=1S/C16H22N2O.C16H18N2S.C15H17N3O.C15H18N2O.C15H20N2O.C15H18N2.C13H17N3/c1-5-14-10-18(11-17-14)15-8-7-13(12(3)4)9-16(15)19-6-2;1-10(2)13-5-6-14(18-7-12(4)17-9-18)16-15(13)11(3)8-19-16;1-9(2)12-5-6-13(18-7-10(3)16-8-18)15-14(12)11(4)17-19-15;1-10(2)12-4-5-14(15-13(12)6-7-18-15)17-8-11(3)16-9-17;1-5-18-15-8-13(11(2)3)6-7-14(15)17-9-12(4)16-10-17;1-10(2)12-6-7-15(14-5-4-13(12)14)17-8-11(3)16-9-17;1-4-13-14-9-16(15-13)12-7-5-11(6-8-12)10(2)3/h7-12H,5-6H2,1-4H3;5-10H,1-4H3;5-9H,1-4H3;4-5,8-10H,6-7H2,1-3H3;6-11H,5H2,1-4H3;6-10H,4-5H2,1-3H3;5-10H,4H2,1-3H3. The first-order chi connectivity index (χ1) is 60.4. The van der Waals surface area contributed by atoms with Crippen molar-refractivity contribution in [2.75, 3.05) is 19.8 Å². The molecule has 9 aromatic heterocycles. The number of aryl methyl sites for hydroxylation is 9. The molecule has 16 aromatic rings. The van der Waals surface area contributed by atoms with Crippen LogP contribution in [0.3, 0.4) is 0 Å². The van der Waals surface area contributed by atoms with Crippen LogP contribution in [-0.2, 0) is 32.1 Å². The fraction of sp³-hybridized carbons (Fsp3) is 0.381. The highest BCUT2D eigenvalue weighted by Gasteiger charge is 2.26. The molecule has 18 rings (SSSR count). The van der Waals surface area contributed by atoms with Crippen molar-refractivity contribution >= 4 is 32.4 Å². The van der Waals surface area contributed by atoms with Gasteiger partial charge in [-0.1, -0.05) is 164 Å². The Hall–Kier alpha value is -12.2. The zero-order chi connectivity index (χ0) is 90.3. The van der Waals surface area contributed by atoms with Crippen molar-refractivity contribution < 1.29 is 18.7 Å². The Labute approximate surface area is 750 Å². The number of nitrogens with zero attached hydrogens (tertiary/aromatic N) is 16. The van der Waals surface area contributed by atoms with E-state index in [1.807, 2.05) is 140 Å². The van der Waals surface area contributed by atoms with E-state index >= 15 is 0 Å². The van der Waals surface area contributed by atoms with Gasteiger partial charge in [0.05, 0.1) is 142 Å². The molecule has 0 amide bonds. The third kappa shape index (κ3) is 22.0. The molecule has 0 spiro atoms. The van der Waals surface area contributed by atoms with Gasteiger partial charge in [0.25, 0.3) is 0 Å². The summed E-state index contributed by atoms with van der Waals surface area (Å²) in [7, 11) is 0. The highest BCUT2D eigenvalue weighted by atomic mass is 32.1. The van der Waals surface area contributed by atoms with Crippen LogP contribution in [0.25, 0.3) is 60.9 Å². The molecule has 660 valence electrons. The van der Waals surface area contributed by atoms with Gasteiger partial charge in [-0.2, -0.15) is 5.10 Å². The molecular weight excluding hydrogens is 1580 g/mol. The van der Waals surface area contributed by atoms with E-state index in [-0.39, 0.29) is 0 Å². The Balaban J connectivity index is 0.000000134. The number of thiophene rings is 1. The quantitative estimate of drug-likeness (QED) is 0.0701. The van der Waals surface area contributed by atoms with Gasteiger partial charge in [0.1, 0.15) is 23.6 Å². The maximum Gasteiger partial charge on any atom is 0.191 e. The molecule has 126 heavy (non-hydrogen) atoms. The third-order valence-corrected chi connectivity index (χ3v) is 24.1. The molecule has 7 aromatic carbocycles. The Morgan fingerprint density at radius 1 is 0.381 bits per heavy atom. The molecule has 0 radical (unpaired) electrons. The summed E-state index contributed by atoms with van der Waals surface area (Å²) in [5, 5.41) is 13.3. The summed E-state index contributed by atoms with van der Waals surface area (Å²) in [6.45, 7) is 55.5. The normalized spacial score (nSPS) is 11.9. The summed E-state index contributed by atoms with van der Waals surface area (Å²) in [4.78, 5) is 30.0. The van der Waals surface area contributed by atoms with Crippen LogP contribution in [0.4, 0.5) is 0 Å². The Bertz CT molecular complexity index is 6130. The molecule has 10 heterocycles. The number of ether oxygens (including phenoxy) is 3. The number of aromatic nitrogens is 16. The number of hydrogen-bond donors (Lipinski definition) is 0. The number of fused-ring (bicyclic) bond motifs is 4. The fourth-order valence-electron chi connectivity index (χ4n) is 15.9. The average molecular weight is 1710 g/mol. The largest absolute Gasteiger partial charge is 0.492 e. The van der Waals surface area contributed by atoms with E-state index in [9.17, 15) is 0 Å². The molecule has 0 bridgehead atoms. The van der Waals surface area contributed by atoms with Gasteiger partial charge in [-0.05, 0) is 245 Å². The number of hydrogen-bond acceptors (Lipinski definition) is 14. The van der Waals surface area contributed by atoms with Crippen molar-refractivity contribution in [2.45, 2.75) is 247 Å². The number of rotatable bonds is 20. The Morgan fingerprint density at radius 3 is 1.25 bits per heavy atom. The molecule has 1 aliphatic heterocycles. The predicted molar refractivity (Wildman–Crippen MR) is 515 cm³/mol. The molecule has 0 unspecified atom stereocenters. The van der Waals surface area contributed by atoms with E-state index < -0.39 is 0 Å². The van der Waals surface area contributed by atoms with Crippen LogP contribution in [-0.4, -0.2) is 97.0 Å². The zero-order valence-corrected chi connectivity index (χ0v) is 79.7. The molecule has 2 aliphatic rings. The van der Waals surface area contributed by atoms with Gasteiger partial charge in [0, 0.05) is 66.7 Å². The van der Waals surface area contributed by atoms with Crippen molar-refractivity contribution in [3.05, 3.63) is 303 Å². The summed E-state index contributed by atoms with van der Waals surface area (Å²) in [5.41, 5.74) is 31.2. The molecular formula is C105H130N16O4S. The van der Waals surface area contributed by atoms with Crippen molar-refractivity contribution in [2.24, 2.45) is 0 Å². The lowest BCUT2D eigenvalue weighted by atomic mass is 9.80. The minimum Gasteiger partial charge on any atom is -0.492 e. The first-order valence-electron chi connectivity index (χ1n) is 44.9. The topological polar surface area (TPSA) is 191 Å². The summed E-state index contributed by atoms with van der Waals surface area (Å²) in [6.07, 6.45) is 30.5. The Morgan fingerprint density at radius 2 is 0.802 bits per heavy atom. The van der Waals surface area contributed by atoms with Gasteiger partial charge in [0.2, 0.25) is 0 Å². The van der Waals surface area contributed by atoms with E-state index in [1.54, 1.807) is 18.2 Å². The van der Waals surface area contributed by atoms with Crippen LogP contribution in [0.1, 0.15) is 273 Å². The lowest BCUT2D eigenvalue weighted by molar-refractivity contribution is 0.338. The predicted octanol–water partition coefficient (Wildman–Crippen LogP) is 25.8. The van der Waals surface area contributed by atoms with E-state index in [4.69, 9.17) is 18.7 Å². The van der Waals surface area contributed by atoms with Gasteiger partial charge in [-0.25, -0.2) is 39.6 Å². The molecule has 0 fully saturated rings. The second kappa shape index (κ2) is 42.2. The molecule has 21 heteroatoms. The van der Waals surface area contributed by atoms with Gasteiger partial charge >= 0.3 is 0 Å². The molecule has 0 saturated carbocycles. The van der Waals surface area contributed by atoms with Crippen LogP contribution in [0, 0.1) is 48.5 Å². The van der Waals surface area contributed by atoms with Crippen LogP contribution in [0.15, 0.2) is 201 Å². The molecule has 0 atom stereocenters. The maximum absolute atomic E-state index is 5.84. The molecule has 1 aliphatic carbocycles. The molecule has 0 N–H and O–H groups in total. The zero-order valence-electron chi connectivity index (χ0n) is 78.9. The summed E-state index contributed by atoms with van der Waals surface area (Å²) < 4.78 is 38.4. The Kier molecular flexibility index (Phi) is 31.1. The fourth-order valence-corrected chi connectivity index (χ4v) is 17.0. The SMILES string of the molecule is CCOc1cc(C(C)C)ccc1-n1cnc(C)c1.CCOc1cc(C(C)C)ccc1-n1cnc(CC)c1.CCc1ncn(-c2ccc(C(C)C)cc2)n1.Cc1cn(-c2ccc(C(C)C)c3c(C)csc23)cn1.Cc1cn(-c2ccc(C(C)C)c3c(C)noc23)cn1.Cc1cn(-c2ccc(C(C)C)c3c2CC3)cn1.Cc1cn(-c2ccc(C(C)C)c3c2OCC3)cn1. The minimum atomic E-state index is 0.444. The monoisotopic (exact) mass is 1710 g/mol. The lowest BCUT2D eigenvalue weighted by Gasteiger charge is -2.27. The van der Waals surface area contributed by atoms with Gasteiger partial charge in [-0.3, -0.25) is 0 Å². The summed E-state index contributed by atoms with van der Waals surface area (Å²) in [6, 6.07) is 38.8. The number of imidazole rings is 6. The van der Waals surface area contributed by atoms with Crippen LogP contribution in [0.5, 0.6) is 17.2 Å². The average Bonchev–Trinajstić information content (AvgIpc) is 1.43. The summed E-state index contributed by atoms with van der Waals surface area (Å²) >= 11 is 1.83. The van der Waals surface area contributed by atoms with Gasteiger partial charge in [-0.15, -0.1) is 11.3 Å². The second-order valence-corrected chi connectivity index (χ2v) is 35.7.